The van der Waals surface area contributed by atoms with Crippen molar-refractivity contribution >= 4 is 21.4 Å². The van der Waals surface area contributed by atoms with Crippen LogP contribution >= 0.6 is 11.3 Å². The first kappa shape index (κ1) is 14.2. The summed E-state index contributed by atoms with van der Waals surface area (Å²) in [6.07, 6.45) is 0. The van der Waals surface area contributed by atoms with E-state index in [2.05, 4.69) is 5.16 Å². The van der Waals surface area contributed by atoms with Crippen molar-refractivity contribution in [3.63, 3.8) is 0 Å². The van der Waals surface area contributed by atoms with Gasteiger partial charge in [-0.3, -0.25) is 0 Å². The maximum atomic E-state index is 12.6. The fraction of sp³-hybridized carbons (Fsp3) is 0.417. The third-order valence-electron chi connectivity index (χ3n) is 3.11. The molecule has 0 aromatic carbocycles. The molecule has 0 spiro atoms. The minimum Gasteiger partial charge on any atom is -0.360 e. The maximum absolute atomic E-state index is 12.6. The molecule has 0 saturated heterocycles. The van der Waals surface area contributed by atoms with E-state index in [0.29, 0.717) is 11.5 Å². The number of hydrogen-bond acceptors (Lipinski definition) is 5. The Morgan fingerprint density at radius 3 is 2.58 bits per heavy atom. The summed E-state index contributed by atoms with van der Waals surface area (Å²) in [4.78, 5) is 1.16. The van der Waals surface area contributed by atoms with Gasteiger partial charge in [0.2, 0.25) is 10.0 Å². The molecule has 2 heterocycles. The molecule has 7 heteroatoms. The molecular formula is C12H16N2O3S2. The summed E-state index contributed by atoms with van der Waals surface area (Å²) < 4.78 is 31.5. The van der Waals surface area contributed by atoms with Crippen LogP contribution < -0.4 is 0 Å². The van der Waals surface area contributed by atoms with E-state index in [9.17, 15) is 8.42 Å². The highest BCUT2D eigenvalue weighted by atomic mass is 32.2. The largest absolute Gasteiger partial charge is 0.360 e. The SMILES string of the molecule is Cc1noc(C)c1S(=O)(=O)N(C)[C@H](C)c1cccs1. The van der Waals surface area contributed by atoms with E-state index in [4.69, 9.17) is 4.52 Å². The van der Waals surface area contributed by atoms with E-state index in [0.717, 1.165) is 4.88 Å². The Kier molecular flexibility index (Phi) is 3.80. The predicted octanol–water partition coefficient (Wildman–Crippen LogP) is 2.73. The number of thiophene rings is 1. The van der Waals surface area contributed by atoms with Gasteiger partial charge in [0.15, 0.2) is 5.76 Å². The number of aryl methyl sites for hydroxylation is 2. The molecule has 0 amide bonds. The second-order valence-corrected chi connectivity index (χ2v) is 7.28. The van der Waals surface area contributed by atoms with E-state index >= 15 is 0 Å². The summed E-state index contributed by atoms with van der Waals surface area (Å²) in [5.74, 6) is 0.322. The Hall–Kier alpha value is -1.18. The van der Waals surface area contributed by atoms with Gasteiger partial charge in [0, 0.05) is 11.9 Å². The van der Waals surface area contributed by atoms with E-state index in [1.807, 2.05) is 24.4 Å². The van der Waals surface area contributed by atoms with Crippen LogP contribution in [-0.4, -0.2) is 24.9 Å². The summed E-state index contributed by atoms with van der Waals surface area (Å²) >= 11 is 1.54. The number of rotatable bonds is 4. The lowest BCUT2D eigenvalue weighted by Gasteiger charge is -2.23. The molecule has 0 unspecified atom stereocenters. The molecule has 0 fully saturated rings. The Morgan fingerprint density at radius 1 is 1.42 bits per heavy atom. The zero-order valence-electron chi connectivity index (χ0n) is 11.2. The molecule has 0 N–H and O–H groups in total. The second-order valence-electron chi connectivity index (χ2n) is 4.37. The molecule has 0 aliphatic heterocycles. The summed E-state index contributed by atoms with van der Waals surface area (Å²) in [5.41, 5.74) is 0.391. The van der Waals surface area contributed by atoms with Gasteiger partial charge in [-0.25, -0.2) is 8.42 Å². The van der Waals surface area contributed by atoms with E-state index < -0.39 is 10.0 Å². The molecule has 2 aromatic heterocycles. The van der Waals surface area contributed by atoms with E-state index in [1.54, 1.807) is 20.9 Å². The van der Waals surface area contributed by atoms with Crippen LogP contribution in [0.1, 0.15) is 29.3 Å². The number of nitrogens with zero attached hydrogens (tertiary/aromatic N) is 2. The summed E-state index contributed by atoms with van der Waals surface area (Å²) in [6, 6.07) is 3.61. The van der Waals surface area contributed by atoms with Gasteiger partial charge < -0.3 is 4.52 Å². The lowest BCUT2D eigenvalue weighted by molar-refractivity contribution is 0.386. The van der Waals surface area contributed by atoms with Crippen LogP contribution in [0.5, 0.6) is 0 Å². The van der Waals surface area contributed by atoms with Crippen molar-refractivity contribution in [2.75, 3.05) is 7.05 Å². The first-order valence-electron chi connectivity index (χ1n) is 5.80. The van der Waals surface area contributed by atoms with Gasteiger partial charge in [-0.05, 0) is 32.2 Å². The molecule has 104 valence electrons. The predicted molar refractivity (Wildman–Crippen MR) is 73.7 cm³/mol. The van der Waals surface area contributed by atoms with Crippen LogP contribution in [0, 0.1) is 13.8 Å². The quantitative estimate of drug-likeness (QED) is 0.871. The Bertz CT molecular complexity index is 640. The number of sulfonamides is 1. The van der Waals surface area contributed by atoms with Gasteiger partial charge in [0.25, 0.3) is 0 Å². The third-order valence-corrected chi connectivity index (χ3v) is 6.32. The van der Waals surface area contributed by atoms with Crippen LogP contribution in [0.4, 0.5) is 0 Å². The summed E-state index contributed by atoms with van der Waals surface area (Å²) in [5, 5.41) is 5.64. The first-order valence-corrected chi connectivity index (χ1v) is 8.12. The van der Waals surface area contributed by atoms with E-state index in [1.165, 1.54) is 15.6 Å². The molecule has 0 aliphatic rings. The standard InChI is InChI=1S/C12H16N2O3S2/c1-8-12(10(3)17-13-8)19(15,16)14(4)9(2)11-6-5-7-18-11/h5-7,9H,1-4H3/t9-/m1/s1. The van der Waals surface area contributed by atoms with Crippen molar-refractivity contribution in [3.05, 3.63) is 33.8 Å². The highest BCUT2D eigenvalue weighted by molar-refractivity contribution is 7.89. The average molecular weight is 300 g/mol. The van der Waals surface area contributed by atoms with Gasteiger partial charge >= 0.3 is 0 Å². The van der Waals surface area contributed by atoms with Gasteiger partial charge in [-0.1, -0.05) is 11.2 Å². The Morgan fingerprint density at radius 2 is 2.11 bits per heavy atom. The number of hydrogen-bond donors (Lipinski definition) is 0. The van der Waals surface area contributed by atoms with Crippen LogP contribution in [0.3, 0.4) is 0 Å². The molecule has 19 heavy (non-hydrogen) atoms. The fourth-order valence-corrected chi connectivity index (χ4v) is 4.43. The van der Waals surface area contributed by atoms with Crippen LogP contribution in [0.2, 0.25) is 0 Å². The molecule has 0 saturated carbocycles. The number of aromatic nitrogens is 1. The zero-order valence-corrected chi connectivity index (χ0v) is 12.9. The van der Waals surface area contributed by atoms with Crippen molar-refractivity contribution in [1.29, 1.82) is 0 Å². The van der Waals surface area contributed by atoms with Crippen molar-refractivity contribution < 1.29 is 12.9 Å². The van der Waals surface area contributed by atoms with Gasteiger partial charge in [0.05, 0.1) is 6.04 Å². The lowest BCUT2D eigenvalue weighted by Crippen LogP contribution is -2.30. The monoisotopic (exact) mass is 300 g/mol. The molecule has 0 aliphatic carbocycles. The minimum atomic E-state index is -3.60. The van der Waals surface area contributed by atoms with E-state index in [-0.39, 0.29) is 10.9 Å². The molecule has 0 bridgehead atoms. The average Bonchev–Trinajstić information content (AvgIpc) is 2.97. The Balaban J connectivity index is 2.40. The first-order chi connectivity index (χ1) is 8.85. The fourth-order valence-electron chi connectivity index (χ4n) is 1.90. The van der Waals surface area contributed by atoms with Gasteiger partial charge in [-0.15, -0.1) is 11.3 Å². The lowest BCUT2D eigenvalue weighted by atomic mass is 10.3. The van der Waals surface area contributed by atoms with Crippen LogP contribution in [-0.2, 0) is 10.0 Å². The van der Waals surface area contributed by atoms with Crippen molar-refractivity contribution in [2.24, 2.45) is 0 Å². The maximum Gasteiger partial charge on any atom is 0.248 e. The Labute approximate surface area is 116 Å². The third kappa shape index (κ3) is 2.45. The molecular weight excluding hydrogens is 284 g/mol. The normalized spacial score (nSPS) is 13.9. The van der Waals surface area contributed by atoms with Gasteiger partial charge in [0.1, 0.15) is 10.6 Å². The van der Waals surface area contributed by atoms with Crippen molar-refractivity contribution in [3.8, 4) is 0 Å². The molecule has 1 atom stereocenters. The summed E-state index contributed by atoms with van der Waals surface area (Å²) in [6.45, 7) is 5.10. The molecule has 2 aromatic rings. The van der Waals surface area contributed by atoms with Crippen molar-refractivity contribution in [2.45, 2.75) is 31.7 Å². The molecule has 0 radical (unpaired) electrons. The smallest absolute Gasteiger partial charge is 0.248 e. The molecule has 2 rings (SSSR count). The summed E-state index contributed by atoms with van der Waals surface area (Å²) in [7, 11) is -2.02. The highest BCUT2D eigenvalue weighted by Crippen LogP contribution is 2.30. The highest BCUT2D eigenvalue weighted by Gasteiger charge is 2.32. The molecule has 5 nitrogen and oxygen atoms in total. The van der Waals surface area contributed by atoms with Crippen LogP contribution in [0.25, 0.3) is 0 Å². The van der Waals surface area contributed by atoms with Gasteiger partial charge in [-0.2, -0.15) is 4.31 Å². The topological polar surface area (TPSA) is 63.4 Å². The second kappa shape index (κ2) is 5.07. The zero-order chi connectivity index (χ0) is 14.2. The minimum absolute atomic E-state index is 0.165. The van der Waals surface area contributed by atoms with Crippen LogP contribution in [0.15, 0.2) is 26.9 Å². The van der Waals surface area contributed by atoms with Crippen molar-refractivity contribution in [1.82, 2.24) is 9.46 Å².